The van der Waals surface area contributed by atoms with E-state index in [0.29, 0.717) is 19.0 Å². The molecule has 0 saturated heterocycles. The fourth-order valence-corrected chi connectivity index (χ4v) is 2.25. The fraction of sp³-hybridized carbons (Fsp3) is 0.350. The van der Waals surface area contributed by atoms with Gasteiger partial charge in [0.25, 0.3) is 0 Å². The summed E-state index contributed by atoms with van der Waals surface area (Å²) in [6.07, 6.45) is 1.70. The number of benzene rings is 2. The van der Waals surface area contributed by atoms with Gasteiger partial charge in [-0.1, -0.05) is 0 Å². The Balaban J connectivity index is 1.66. The minimum atomic E-state index is -1.19. The average molecular weight is 360 g/mol. The number of carboxylic acid groups (broad SMARTS) is 1. The van der Waals surface area contributed by atoms with Crippen molar-refractivity contribution in [2.45, 2.75) is 32.8 Å². The first-order valence-corrected chi connectivity index (χ1v) is 8.54. The molecule has 2 aromatic rings. The van der Waals surface area contributed by atoms with E-state index in [0.717, 1.165) is 24.3 Å². The van der Waals surface area contributed by atoms with Crippen molar-refractivity contribution in [3.63, 3.8) is 0 Å². The van der Waals surface area contributed by atoms with Crippen LogP contribution in [0, 0.1) is 0 Å². The Hall–Kier alpha value is -2.89. The molecule has 0 aliphatic heterocycles. The number of unbranched alkanes of at least 4 members (excludes halogenated alkanes) is 1. The van der Waals surface area contributed by atoms with Gasteiger partial charge in [0.1, 0.15) is 28.6 Å². The van der Waals surface area contributed by atoms with Gasteiger partial charge in [0, 0.05) is 0 Å². The Kier molecular flexibility index (Phi) is 7.14. The Morgan fingerprint density at radius 2 is 1.46 bits per heavy atom. The van der Waals surface area contributed by atoms with Crippen LogP contribution in [-0.2, 0) is 0 Å². The standard InChI is InChI=1S/C20H24O6/c1-14(2)26-16-7-5-15(6-8-16)24-11-3-4-12-25-17-9-10-19(21)18(13-17)20(22)23/h5-10,13-14,21H,3-4,11-12H2,1-2H3,(H,22,23). The summed E-state index contributed by atoms with van der Waals surface area (Å²) in [4.78, 5) is 11.0. The minimum absolute atomic E-state index is 0.141. The Morgan fingerprint density at radius 3 is 2.04 bits per heavy atom. The summed E-state index contributed by atoms with van der Waals surface area (Å²) in [6, 6.07) is 11.7. The van der Waals surface area contributed by atoms with E-state index >= 15 is 0 Å². The Morgan fingerprint density at radius 1 is 0.923 bits per heavy atom. The van der Waals surface area contributed by atoms with Gasteiger partial charge in [-0.25, -0.2) is 4.79 Å². The van der Waals surface area contributed by atoms with Gasteiger partial charge in [0.2, 0.25) is 0 Å². The number of aromatic hydroxyl groups is 1. The SMILES string of the molecule is CC(C)Oc1ccc(OCCCCOc2ccc(O)c(C(=O)O)c2)cc1. The van der Waals surface area contributed by atoms with Crippen LogP contribution in [0.4, 0.5) is 0 Å². The lowest BCUT2D eigenvalue weighted by Crippen LogP contribution is -2.05. The summed E-state index contributed by atoms with van der Waals surface area (Å²) in [5.41, 5.74) is -0.171. The Bertz CT molecular complexity index is 709. The molecule has 6 nitrogen and oxygen atoms in total. The van der Waals surface area contributed by atoms with E-state index < -0.39 is 5.97 Å². The van der Waals surface area contributed by atoms with Gasteiger partial charge in [0.05, 0.1) is 19.3 Å². The fourth-order valence-electron chi connectivity index (χ4n) is 2.25. The summed E-state index contributed by atoms with van der Waals surface area (Å²) in [7, 11) is 0. The lowest BCUT2D eigenvalue weighted by molar-refractivity contribution is 0.0693. The summed E-state index contributed by atoms with van der Waals surface area (Å²) in [5.74, 6) is 0.554. The van der Waals surface area contributed by atoms with Crippen LogP contribution in [0.3, 0.4) is 0 Å². The molecular formula is C20H24O6. The zero-order chi connectivity index (χ0) is 18.9. The molecule has 0 fully saturated rings. The molecule has 26 heavy (non-hydrogen) atoms. The third-order valence-electron chi connectivity index (χ3n) is 3.47. The first-order valence-electron chi connectivity index (χ1n) is 8.54. The maximum atomic E-state index is 11.0. The predicted molar refractivity (Wildman–Crippen MR) is 97.5 cm³/mol. The molecule has 2 aromatic carbocycles. The number of hydrogen-bond acceptors (Lipinski definition) is 5. The van der Waals surface area contributed by atoms with Crippen molar-refractivity contribution in [1.82, 2.24) is 0 Å². The van der Waals surface area contributed by atoms with Gasteiger partial charge in [-0.15, -0.1) is 0 Å². The molecule has 0 amide bonds. The second-order valence-electron chi connectivity index (χ2n) is 6.03. The van der Waals surface area contributed by atoms with Crippen molar-refractivity contribution in [3.05, 3.63) is 48.0 Å². The molecule has 140 valence electrons. The molecule has 2 rings (SSSR count). The quantitative estimate of drug-likeness (QED) is 0.620. The van der Waals surface area contributed by atoms with Crippen molar-refractivity contribution in [2.24, 2.45) is 0 Å². The first-order chi connectivity index (χ1) is 12.5. The first kappa shape index (κ1) is 19.4. The van der Waals surface area contributed by atoms with Crippen LogP contribution in [0.15, 0.2) is 42.5 Å². The van der Waals surface area contributed by atoms with E-state index in [1.165, 1.54) is 12.1 Å². The third kappa shape index (κ3) is 6.20. The number of phenols is 1. The molecular weight excluding hydrogens is 336 g/mol. The van der Waals surface area contributed by atoms with Gasteiger partial charge in [-0.3, -0.25) is 0 Å². The number of carbonyl (C=O) groups is 1. The van der Waals surface area contributed by atoms with Crippen LogP contribution in [0.25, 0.3) is 0 Å². The van der Waals surface area contributed by atoms with E-state index in [2.05, 4.69) is 0 Å². The molecule has 0 atom stereocenters. The third-order valence-corrected chi connectivity index (χ3v) is 3.47. The number of ether oxygens (including phenoxy) is 3. The number of hydrogen-bond donors (Lipinski definition) is 2. The highest BCUT2D eigenvalue weighted by Crippen LogP contribution is 2.23. The maximum absolute atomic E-state index is 11.0. The smallest absolute Gasteiger partial charge is 0.339 e. The molecule has 6 heteroatoms. The second kappa shape index (κ2) is 9.56. The monoisotopic (exact) mass is 360 g/mol. The van der Waals surface area contributed by atoms with Gasteiger partial charge < -0.3 is 24.4 Å². The van der Waals surface area contributed by atoms with Gasteiger partial charge >= 0.3 is 5.97 Å². The van der Waals surface area contributed by atoms with Gasteiger partial charge in [-0.2, -0.15) is 0 Å². The van der Waals surface area contributed by atoms with Crippen LogP contribution in [0.1, 0.15) is 37.0 Å². The lowest BCUT2D eigenvalue weighted by Gasteiger charge is -2.11. The van der Waals surface area contributed by atoms with E-state index in [1.54, 1.807) is 6.07 Å². The summed E-state index contributed by atoms with van der Waals surface area (Å²) in [5, 5.41) is 18.4. The number of rotatable bonds is 10. The molecule has 0 spiro atoms. The summed E-state index contributed by atoms with van der Waals surface area (Å²) >= 11 is 0. The van der Waals surface area contributed by atoms with Crippen LogP contribution in [-0.4, -0.2) is 35.5 Å². The topological polar surface area (TPSA) is 85.2 Å². The highest BCUT2D eigenvalue weighted by Gasteiger charge is 2.10. The maximum Gasteiger partial charge on any atom is 0.339 e. The highest BCUT2D eigenvalue weighted by atomic mass is 16.5. The van der Waals surface area contributed by atoms with Gasteiger partial charge in [0.15, 0.2) is 0 Å². The molecule has 0 unspecified atom stereocenters. The van der Waals surface area contributed by atoms with E-state index in [4.69, 9.17) is 19.3 Å². The second-order valence-corrected chi connectivity index (χ2v) is 6.03. The number of carboxylic acids is 1. The normalized spacial score (nSPS) is 10.6. The molecule has 0 aromatic heterocycles. The van der Waals surface area contributed by atoms with Crippen molar-refractivity contribution >= 4 is 5.97 Å². The Labute approximate surface area is 152 Å². The summed E-state index contributed by atoms with van der Waals surface area (Å²) < 4.78 is 16.7. The van der Waals surface area contributed by atoms with Crippen LogP contribution >= 0.6 is 0 Å². The van der Waals surface area contributed by atoms with Gasteiger partial charge in [-0.05, 0) is 69.2 Å². The van der Waals surface area contributed by atoms with E-state index in [9.17, 15) is 9.90 Å². The van der Waals surface area contributed by atoms with Crippen LogP contribution in [0.5, 0.6) is 23.0 Å². The molecule has 0 bridgehead atoms. The largest absolute Gasteiger partial charge is 0.507 e. The molecule has 0 aliphatic carbocycles. The molecule has 0 aliphatic rings. The van der Waals surface area contributed by atoms with E-state index in [1.807, 2.05) is 38.1 Å². The molecule has 0 saturated carbocycles. The minimum Gasteiger partial charge on any atom is -0.507 e. The van der Waals surface area contributed by atoms with Crippen molar-refractivity contribution in [2.75, 3.05) is 13.2 Å². The van der Waals surface area contributed by atoms with Crippen LogP contribution in [0.2, 0.25) is 0 Å². The van der Waals surface area contributed by atoms with Crippen molar-refractivity contribution in [1.29, 1.82) is 0 Å². The number of aromatic carboxylic acids is 1. The average Bonchev–Trinajstić information content (AvgIpc) is 2.60. The van der Waals surface area contributed by atoms with Crippen molar-refractivity contribution < 1.29 is 29.2 Å². The highest BCUT2D eigenvalue weighted by molar-refractivity contribution is 5.91. The molecule has 0 heterocycles. The molecule has 0 radical (unpaired) electrons. The van der Waals surface area contributed by atoms with Crippen LogP contribution < -0.4 is 14.2 Å². The predicted octanol–water partition coefficient (Wildman–Crippen LogP) is 4.12. The zero-order valence-electron chi connectivity index (χ0n) is 15.0. The zero-order valence-corrected chi connectivity index (χ0v) is 15.0. The summed E-state index contributed by atoms with van der Waals surface area (Å²) in [6.45, 7) is 4.96. The lowest BCUT2D eigenvalue weighted by atomic mass is 10.2. The van der Waals surface area contributed by atoms with E-state index in [-0.39, 0.29) is 17.4 Å². The van der Waals surface area contributed by atoms with Crippen molar-refractivity contribution in [3.8, 4) is 23.0 Å². The molecule has 2 N–H and O–H groups in total.